The van der Waals surface area contributed by atoms with Gasteiger partial charge in [-0.3, -0.25) is 28.9 Å². The number of benzene rings is 4. The summed E-state index contributed by atoms with van der Waals surface area (Å²) in [6, 6.07) is 29.2. The molecule has 6 unspecified atom stereocenters. The van der Waals surface area contributed by atoms with Crippen molar-refractivity contribution in [1.82, 2.24) is 0 Å². The standard InChI is InChI=1S/C41H34N2O7/c1-41-31(38(47)43(40(41)49)26-11-7-4-8-12-26)22-30-28(35(41)25-15-20-33(50-2)32(44)21-25)18-19-29-34(30)39(48)42(37(29)46)27-16-13-24(14-17-27)36(45)23-9-5-3-6-10-23/h3-18,20-21,29-31,34-35,44H,19,22H2,1-2H3. The molecule has 50 heavy (non-hydrogen) atoms. The highest BCUT2D eigenvalue weighted by Crippen LogP contribution is 2.64. The molecule has 250 valence electrons. The summed E-state index contributed by atoms with van der Waals surface area (Å²) in [4.78, 5) is 72.8. The van der Waals surface area contributed by atoms with Crippen LogP contribution in [-0.4, -0.2) is 41.6 Å². The van der Waals surface area contributed by atoms with Crippen LogP contribution in [-0.2, 0) is 19.2 Å². The smallest absolute Gasteiger partial charge is 0.241 e. The number of nitrogens with zero attached hydrogens (tertiary/aromatic N) is 2. The van der Waals surface area contributed by atoms with Crippen LogP contribution in [0.4, 0.5) is 11.4 Å². The summed E-state index contributed by atoms with van der Waals surface area (Å²) >= 11 is 0. The topological polar surface area (TPSA) is 121 Å². The highest BCUT2D eigenvalue weighted by Gasteiger charge is 2.67. The van der Waals surface area contributed by atoms with Crippen LogP contribution in [0.15, 0.2) is 115 Å². The van der Waals surface area contributed by atoms with Crippen LogP contribution < -0.4 is 14.5 Å². The summed E-state index contributed by atoms with van der Waals surface area (Å²) in [5, 5.41) is 10.9. The van der Waals surface area contributed by atoms with Crippen LogP contribution in [0, 0.1) is 29.1 Å². The van der Waals surface area contributed by atoms with E-state index in [4.69, 9.17) is 4.74 Å². The predicted octanol–water partition coefficient (Wildman–Crippen LogP) is 6.07. The third-order valence-electron chi connectivity index (χ3n) is 11.2. The Bertz CT molecular complexity index is 2110. The highest BCUT2D eigenvalue weighted by atomic mass is 16.5. The Morgan fingerprint density at radius 1 is 0.760 bits per heavy atom. The van der Waals surface area contributed by atoms with E-state index in [1.54, 1.807) is 91.0 Å². The maximum atomic E-state index is 14.5. The number of allylic oxidation sites excluding steroid dienone is 2. The number of amides is 4. The molecular weight excluding hydrogens is 632 g/mol. The molecule has 3 fully saturated rings. The Morgan fingerprint density at radius 2 is 1.40 bits per heavy atom. The number of para-hydroxylation sites is 1. The summed E-state index contributed by atoms with van der Waals surface area (Å²) in [5.41, 5.74) is 2.02. The van der Waals surface area contributed by atoms with Crippen molar-refractivity contribution < 1.29 is 33.8 Å². The van der Waals surface area contributed by atoms with Gasteiger partial charge in [0.25, 0.3) is 0 Å². The van der Waals surface area contributed by atoms with Crippen LogP contribution in [0.25, 0.3) is 0 Å². The van der Waals surface area contributed by atoms with E-state index in [2.05, 4.69) is 0 Å². The monoisotopic (exact) mass is 666 g/mol. The van der Waals surface area contributed by atoms with Gasteiger partial charge in [-0.15, -0.1) is 0 Å². The maximum absolute atomic E-state index is 14.5. The fourth-order valence-corrected chi connectivity index (χ4v) is 8.88. The van der Waals surface area contributed by atoms with E-state index in [9.17, 15) is 29.1 Å². The summed E-state index contributed by atoms with van der Waals surface area (Å²) in [6.45, 7) is 1.81. The van der Waals surface area contributed by atoms with Gasteiger partial charge in [-0.2, -0.15) is 0 Å². The largest absolute Gasteiger partial charge is 0.504 e. The molecule has 9 nitrogen and oxygen atoms in total. The lowest BCUT2D eigenvalue weighted by molar-refractivity contribution is -0.131. The second-order valence-corrected chi connectivity index (χ2v) is 13.7. The van der Waals surface area contributed by atoms with Crippen LogP contribution in [0.2, 0.25) is 0 Å². The first-order chi connectivity index (χ1) is 24.1. The van der Waals surface area contributed by atoms with Gasteiger partial charge in [-0.1, -0.05) is 66.2 Å². The number of imide groups is 2. The molecule has 1 N–H and O–H groups in total. The van der Waals surface area contributed by atoms with Gasteiger partial charge < -0.3 is 9.84 Å². The van der Waals surface area contributed by atoms with Gasteiger partial charge in [-0.05, 0) is 79.8 Å². The number of hydrogen-bond donors (Lipinski definition) is 1. The van der Waals surface area contributed by atoms with Gasteiger partial charge in [0.2, 0.25) is 23.6 Å². The van der Waals surface area contributed by atoms with Crippen molar-refractivity contribution in [3.63, 3.8) is 0 Å². The van der Waals surface area contributed by atoms with E-state index in [1.807, 2.05) is 25.1 Å². The number of phenols is 1. The zero-order valence-electron chi connectivity index (χ0n) is 27.5. The molecule has 0 aromatic heterocycles. The number of rotatable bonds is 6. The average molecular weight is 667 g/mol. The van der Waals surface area contributed by atoms with Gasteiger partial charge >= 0.3 is 0 Å². The van der Waals surface area contributed by atoms with E-state index in [-0.39, 0.29) is 53.8 Å². The van der Waals surface area contributed by atoms with Crippen molar-refractivity contribution in [2.45, 2.75) is 25.7 Å². The minimum absolute atomic E-state index is 0.106. The number of carbonyl (C=O) groups excluding carboxylic acids is 5. The van der Waals surface area contributed by atoms with E-state index in [0.717, 1.165) is 5.57 Å². The number of anilines is 2. The van der Waals surface area contributed by atoms with Crippen LogP contribution in [0.3, 0.4) is 0 Å². The van der Waals surface area contributed by atoms with Gasteiger partial charge in [0.15, 0.2) is 17.3 Å². The van der Waals surface area contributed by atoms with Crippen molar-refractivity contribution in [2.24, 2.45) is 29.1 Å². The van der Waals surface area contributed by atoms with Gasteiger partial charge in [0.05, 0.1) is 41.7 Å². The fourth-order valence-electron chi connectivity index (χ4n) is 8.88. The number of ketones is 1. The number of phenolic OH excluding ortho intramolecular Hbond substituents is 1. The van der Waals surface area contributed by atoms with Crippen LogP contribution in [0.1, 0.15) is 47.2 Å². The quantitative estimate of drug-likeness (QED) is 0.151. The molecule has 1 saturated carbocycles. The Kier molecular flexibility index (Phi) is 7.33. The van der Waals surface area contributed by atoms with Crippen LogP contribution >= 0.6 is 0 Å². The zero-order chi connectivity index (χ0) is 34.9. The van der Waals surface area contributed by atoms with Crippen molar-refractivity contribution in [1.29, 1.82) is 0 Å². The normalized spacial score (nSPS) is 27.1. The Labute approximate surface area is 288 Å². The first kappa shape index (κ1) is 31.4. The molecule has 6 atom stereocenters. The average Bonchev–Trinajstić information content (AvgIpc) is 3.51. The third-order valence-corrected chi connectivity index (χ3v) is 11.2. The minimum Gasteiger partial charge on any atom is -0.504 e. The number of aromatic hydroxyl groups is 1. The summed E-state index contributed by atoms with van der Waals surface area (Å²) < 4.78 is 5.30. The van der Waals surface area contributed by atoms with Gasteiger partial charge in [0, 0.05) is 17.0 Å². The number of methoxy groups -OCH3 is 1. The molecule has 0 bridgehead atoms. The van der Waals surface area contributed by atoms with Gasteiger partial charge in [-0.25, -0.2) is 4.90 Å². The van der Waals surface area contributed by atoms with Crippen molar-refractivity contribution >= 4 is 40.8 Å². The van der Waals surface area contributed by atoms with Crippen molar-refractivity contribution in [3.05, 3.63) is 131 Å². The third kappa shape index (κ3) is 4.49. The number of ether oxygens (including phenoxy) is 1. The summed E-state index contributed by atoms with van der Waals surface area (Å²) in [6.07, 6.45) is 2.47. The van der Waals surface area contributed by atoms with Crippen molar-refractivity contribution in [2.75, 3.05) is 16.9 Å². The Morgan fingerprint density at radius 3 is 2.06 bits per heavy atom. The second kappa shape index (κ2) is 11.7. The lowest BCUT2D eigenvalue weighted by Crippen LogP contribution is -2.48. The number of carbonyl (C=O) groups is 5. The van der Waals surface area contributed by atoms with Crippen molar-refractivity contribution in [3.8, 4) is 11.5 Å². The second-order valence-electron chi connectivity index (χ2n) is 13.7. The lowest BCUT2D eigenvalue weighted by Gasteiger charge is -2.49. The fraction of sp³-hybridized carbons (Fsp3) is 0.244. The molecule has 4 aliphatic rings. The Hall–Kier alpha value is -5.83. The Balaban J connectivity index is 1.18. The van der Waals surface area contributed by atoms with Crippen LogP contribution in [0.5, 0.6) is 11.5 Å². The summed E-state index contributed by atoms with van der Waals surface area (Å²) in [5.74, 6) is -4.74. The molecule has 0 spiro atoms. The first-order valence-electron chi connectivity index (χ1n) is 16.7. The maximum Gasteiger partial charge on any atom is 0.241 e. The number of fused-ring (bicyclic) bond motifs is 4. The SMILES string of the molecule is COc1ccc(C2C3=CCC4C(=O)N(c5ccc(C(=O)c6ccccc6)cc5)C(=O)C4C3CC3C(=O)N(c4ccccc4)C(=O)C32C)cc1O. The lowest BCUT2D eigenvalue weighted by atomic mass is 9.51. The molecule has 8 rings (SSSR count). The molecule has 9 heteroatoms. The molecule has 2 heterocycles. The van der Waals surface area contributed by atoms with E-state index in [1.165, 1.54) is 16.9 Å². The molecular formula is C41H34N2O7. The predicted molar refractivity (Wildman–Crippen MR) is 185 cm³/mol. The molecule has 0 radical (unpaired) electrons. The van der Waals surface area contributed by atoms with Gasteiger partial charge in [0.1, 0.15) is 0 Å². The molecule has 2 aliphatic heterocycles. The van der Waals surface area contributed by atoms with E-state index < -0.39 is 35.0 Å². The zero-order valence-corrected chi connectivity index (χ0v) is 27.5. The summed E-state index contributed by atoms with van der Waals surface area (Å²) in [7, 11) is 1.45. The highest BCUT2D eigenvalue weighted by molar-refractivity contribution is 6.25. The molecule has 4 amide bonds. The van der Waals surface area contributed by atoms with E-state index in [0.29, 0.717) is 28.1 Å². The molecule has 2 aliphatic carbocycles. The molecule has 4 aromatic rings. The van der Waals surface area contributed by atoms with E-state index >= 15 is 0 Å². The molecule has 4 aromatic carbocycles. The number of hydrogen-bond acceptors (Lipinski definition) is 7. The minimum atomic E-state index is -1.23. The first-order valence-corrected chi connectivity index (χ1v) is 16.7. The molecule has 2 saturated heterocycles.